The number of rotatable bonds is 5. The molecule has 0 aliphatic heterocycles. The van der Waals surface area contributed by atoms with Gasteiger partial charge in [-0.3, -0.25) is 0 Å². The van der Waals surface area contributed by atoms with Crippen LogP contribution in [0.25, 0.3) is 0 Å². The van der Waals surface area contributed by atoms with E-state index in [0.717, 1.165) is 31.7 Å². The molecule has 0 atom stereocenters. The lowest BCUT2D eigenvalue weighted by Crippen LogP contribution is -2.31. The lowest BCUT2D eigenvalue weighted by Gasteiger charge is -2.26. The molecule has 1 heterocycles. The number of carboxylic acid groups (broad SMARTS) is 1. The molecule has 1 aromatic rings. The summed E-state index contributed by atoms with van der Waals surface area (Å²) < 4.78 is 32.0. The van der Waals surface area contributed by atoms with Gasteiger partial charge >= 0.3 is 5.97 Å². The summed E-state index contributed by atoms with van der Waals surface area (Å²) in [5, 5.41) is 8.84. The molecule has 0 spiro atoms. The molecule has 1 aliphatic carbocycles. The summed E-state index contributed by atoms with van der Waals surface area (Å²) in [7, 11) is -3.72. The van der Waals surface area contributed by atoms with E-state index in [4.69, 9.17) is 9.52 Å². The van der Waals surface area contributed by atoms with Crippen molar-refractivity contribution in [3.8, 4) is 0 Å². The standard InChI is InChI=1S/C14H21NO5S/c1-9-3-5-11(6-4-9)8-15-21(18,19)13-7-12(14(16)17)20-10(13)2/h7,9,11,15H,3-6,8H2,1-2H3,(H,16,17). The zero-order chi connectivity index (χ0) is 15.6. The smallest absolute Gasteiger partial charge is 0.371 e. The van der Waals surface area contributed by atoms with E-state index in [9.17, 15) is 13.2 Å². The highest BCUT2D eigenvalue weighted by Crippen LogP contribution is 2.28. The normalized spacial score (nSPS) is 23.1. The molecule has 1 saturated carbocycles. The Hall–Kier alpha value is -1.34. The first-order chi connectivity index (χ1) is 9.79. The molecular formula is C14H21NO5S. The number of furan rings is 1. The molecule has 0 bridgehead atoms. The molecule has 1 aliphatic rings. The highest BCUT2D eigenvalue weighted by molar-refractivity contribution is 7.89. The minimum absolute atomic E-state index is 0.0934. The van der Waals surface area contributed by atoms with Crippen molar-refractivity contribution in [2.45, 2.75) is 44.4 Å². The van der Waals surface area contributed by atoms with E-state index in [2.05, 4.69) is 11.6 Å². The van der Waals surface area contributed by atoms with Crippen LogP contribution in [0, 0.1) is 18.8 Å². The maximum absolute atomic E-state index is 12.2. The van der Waals surface area contributed by atoms with E-state index in [1.54, 1.807) is 0 Å². The highest BCUT2D eigenvalue weighted by atomic mass is 32.2. The third kappa shape index (κ3) is 3.85. The Balaban J connectivity index is 2.03. The second-order valence-corrected chi connectivity index (χ2v) is 7.55. The average Bonchev–Trinajstić information content (AvgIpc) is 2.81. The molecule has 0 radical (unpaired) electrons. The molecule has 0 unspecified atom stereocenters. The van der Waals surface area contributed by atoms with E-state index < -0.39 is 16.0 Å². The Kier molecular flexibility index (Phi) is 4.73. The summed E-state index contributed by atoms with van der Waals surface area (Å²) in [6.45, 7) is 4.05. The summed E-state index contributed by atoms with van der Waals surface area (Å²) in [4.78, 5) is 10.7. The topological polar surface area (TPSA) is 96.6 Å². The summed E-state index contributed by atoms with van der Waals surface area (Å²) >= 11 is 0. The molecular weight excluding hydrogens is 294 g/mol. The van der Waals surface area contributed by atoms with Crippen LogP contribution in [0.15, 0.2) is 15.4 Å². The van der Waals surface area contributed by atoms with Gasteiger partial charge in [-0.2, -0.15) is 0 Å². The van der Waals surface area contributed by atoms with Crippen molar-refractivity contribution in [1.82, 2.24) is 4.72 Å². The number of sulfonamides is 1. The van der Waals surface area contributed by atoms with Gasteiger partial charge < -0.3 is 9.52 Å². The number of carboxylic acids is 1. The second-order valence-electron chi connectivity index (χ2n) is 5.81. The number of aromatic carboxylic acids is 1. The maximum atomic E-state index is 12.2. The molecule has 118 valence electrons. The van der Waals surface area contributed by atoms with E-state index in [-0.39, 0.29) is 16.4 Å². The molecule has 0 saturated heterocycles. The monoisotopic (exact) mass is 315 g/mol. The van der Waals surface area contributed by atoms with Crippen molar-refractivity contribution < 1.29 is 22.7 Å². The third-order valence-corrected chi connectivity index (χ3v) is 5.60. The van der Waals surface area contributed by atoms with Crippen molar-refractivity contribution >= 4 is 16.0 Å². The lowest BCUT2D eigenvalue weighted by molar-refractivity contribution is 0.0661. The quantitative estimate of drug-likeness (QED) is 0.869. The van der Waals surface area contributed by atoms with Gasteiger partial charge in [0.25, 0.3) is 0 Å². The Bertz CT molecular complexity index is 611. The van der Waals surface area contributed by atoms with Crippen LogP contribution in [0.4, 0.5) is 0 Å². The Morgan fingerprint density at radius 2 is 2.00 bits per heavy atom. The molecule has 21 heavy (non-hydrogen) atoms. The van der Waals surface area contributed by atoms with Gasteiger partial charge in [0.2, 0.25) is 15.8 Å². The van der Waals surface area contributed by atoms with E-state index in [1.165, 1.54) is 6.92 Å². The van der Waals surface area contributed by atoms with Gasteiger partial charge in [-0.15, -0.1) is 0 Å². The molecule has 6 nitrogen and oxygen atoms in total. The van der Waals surface area contributed by atoms with Gasteiger partial charge in [-0.25, -0.2) is 17.9 Å². The molecule has 7 heteroatoms. The van der Waals surface area contributed by atoms with Crippen LogP contribution < -0.4 is 4.72 Å². The van der Waals surface area contributed by atoms with Gasteiger partial charge in [0.1, 0.15) is 10.7 Å². The molecule has 1 aromatic heterocycles. The highest BCUT2D eigenvalue weighted by Gasteiger charge is 2.25. The van der Waals surface area contributed by atoms with Crippen LogP contribution in [0.3, 0.4) is 0 Å². The van der Waals surface area contributed by atoms with Crippen molar-refractivity contribution in [3.05, 3.63) is 17.6 Å². The summed E-state index contributed by atoms with van der Waals surface area (Å²) in [5.41, 5.74) is 0. The van der Waals surface area contributed by atoms with Gasteiger partial charge in [-0.1, -0.05) is 19.8 Å². The average molecular weight is 315 g/mol. The van der Waals surface area contributed by atoms with Crippen LogP contribution in [0.5, 0.6) is 0 Å². The fraction of sp³-hybridized carbons (Fsp3) is 0.643. The Morgan fingerprint density at radius 1 is 1.38 bits per heavy atom. The predicted octanol–water partition coefficient (Wildman–Crippen LogP) is 2.39. The van der Waals surface area contributed by atoms with E-state index in [1.807, 2.05) is 0 Å². The zero-order valence-electron chi connectivity index (χ0n) is 12.3. The van der Waals surface area contributed by atoms with Crippen molar-refractivity contribution in [2.75, 3.05) is 6.54 Å². The molecule has 0 amide bonds. The number of nitrogens with one attached hydrogen (secondary N) is 1. The first-order valence-corrected chi connectivity index (χ1v) is 8.61. The molecule has 0 aromatic carbocycles. The fourth-order valence-electron chi connectivity index (χ4n) is 2.68. The predicted molar refractivity (Wildman–Crippen MR) is 76.7 cm³/mol. The van der Waals surface area contributed by atoms with Crippen LogP contribution >= 0.6 is 0 Å². The number of hydrogen-bond donors (Lipinski definition) is 2. The van der Waals surface area contributed by atoms with Gasteiger partial charge in [0.15, 0.2) is 0 Å². The third-order valence-electron chi connectivity index (χ3n) is 4.07. The Labute approximate surface area is 124 Å². The zero-order valence-corrected chi connectivity index (χ0v) is 13.1. The first-order valence-electron chi connectivity index (χ1n) is 7.13. The van der Waals surface area contributed by atoms with E-state index in [0.29, 0.717) is 18.4 Å². The Morgan fingerprint density at radius 3 is 2.52 bits per heavy atom. The van der Waals surface area contributed by atoms with Gasteiger partial charge in [0, 0.05) is 12.6 Å². The van der Waals surface area contributed by atoms with Crippen molar-refractivity contribution in [2.24, 2.45) is 11.8 Å². The SMILES string of the molecule is Cc1oc(C(=O)O)cc1S(=O)(=O)NCC1CCC(C)CC1. The van der Waals surface area contributed by atoms with E-state index >= 15 is 0 Å². The number of carbonyl (C=O) groups is 1. The minimum Gasteiger partial charge on any atom is -0.475 e. The minimum atomic E-state index is -3.72. The van der Waals surface area contributed by atoms with Crippen LogP contribution in [0.1, 0.15) is 48.9 Å². The fourth-order valence-corrected chi connectivity index (χ4v) is 3.97. The van der Waals surface area contributed by atoms with Crippen LogP contribution in [-0.2, 0) is 10.0 Å². The number of hydrogen-bond acceptors (Lipinski definition) is 4. The van der Waals surface area contributed by atoms with Crippen molar-refractivity contribution in [3.63, 3.8) is 0 Å². The first kappa shape index (κ1) is 16.0. The largest absolute Gasteiger partial charge is 0.475 e. The summed E-state index contributed by atoms with van der Waals surface area (Å²) in [6, 6.07) is 1.06. The maximum Gasteiger partial charge on any atom is 0.371 e. The van der Waals surface area contributed by atoms with Crippen LogP contribution in [0.2, 0.25) is 0 Å². The van der Waals surface area contributed by atoms with Gasteiger partial charge in [0.05, 0.1) is 0 Å². The van der Waals surface area contributed by atoms with Crippen molar-refractivity contribution in [1.29, 1.82) is 0 Å². The summed E-state index contributed by atoms with van der Waals surface area (Å²) in [6.07, 6.45) is 4.30. The summed E-state index contributed by atoms with van der Waals surface area (Å²) in [5.74, 6) is -0.480. The van der Waals surface area contributed by atoms with Gasteiger partial charge in [-0.05, 0) is 31.6 Å². The lowest BCUT2D eigenvalue weighted by atomic mass is 9.83. The molecule has 2 N–H and O–H groups in total. The van der Waals surface area contributed by atoms with Crippen LogP contribution in [-0.4, -0.2) is 26.0 Å². The second kappa shape index (κ2) is 6.19. The molecule has 2 rings (SSSR count). The molecule has 1 fully saturated rings. The number of aryl methyl sites for hydroxylation is 1.